The minimum atomic E-state index is 0.218. The van der Waals surface area contributed by atoms with E-state index in [-0.39, 0.29) is 5.91 Å². The molecule has 104 valence electrons. The highest BCUT2D eigenvalue weighted by atomic mass is 16.1. The van der Waals surface area contributed by atoms with E-state index in [2.05, 4.69) is 22.5 Å². The first-order valence-corrected chi connectivity index (χ1v) is 7.53. The van der Waals surface area contributed by atoms with Crippen molar-refractivity contribution >= 4 is 5.91 Å². The number of likely N-dealkylation sites (N-methyl/N-ethyl adjacent to an activating group) is 1. The van der Waals surface area contributed by atoms with Gasteiger partial charge in [-0.25, -0.2) is 0 Å². The van der Waals surface area contributed by atoms with Crippen molar-refractivity contribution < 1.29 is 4.79 Å². The van der Waals surface area contributed by atoms with E-state index in [1.54, 1.807) is 0 Å². The molecule has 2 aliphatic rings. The van der Waals surface area contributed by atoms with E-state index in [4.69, 9.17) is 0 Å². The number of amides is 1. The molecule has 0 aromatic heterocycles. The smallest absolute Gasteiger partial charge is 0.220 e. The maximum Gasteiger partial charge on any atom is 0.220 e. The van der Waals surface area contributed by atoms with Gasteiger partial charge >= 0.3 is 0 Å². The van der Waals surface area contributed by atoms with Gasteiger partial charge in [-0.1, -0.05) is 6.92 Å². The van der Waals surface area contributed by atoms with E-state index in [1.807, 2.05) is 0 Å². The maximum atomic E-state index is 11.7. The molecular formula is C14H27N3O. The van der Waals surface area contributed by atoms with Crippen molar-refractivity contribution in [3.63, 3.8) is 0 Å². The molecule has 1 atom stereocenters. The van der Waals surface area contributed by atoms with Gasteiger partial charge in [-0.3, -0.25) is 9.69 Å². The lowest BCUT2D eigenvalue weighted by molar-refractivity contribution is -0.121. The number of rotatable bonds is 8. The van der Waals surface area contributed by atoms with Crippen molar-refractivity contribution in [2.45, 2.75) is 57.5 Å². The Morgan fingerprint density at radius 2 is 2.22 bits per heavy atom. The Balaban J connectivity index is 1.51. The Morgan fingerprint density at radius 1 is 1.39 bits per heavy atom. The summed E-state index contributed by atoms with van der Waals surface area (Å²) in [5, 5.41) is 6.48. The molecule has 1 amide bonds. The normalized spacial score (nSPS) is 23.6. The topological polar surface area (TPSA) is 44.4 Å². The molecule has 0 bridgehead atoms. The van der Waals surface area contributed by atoms with Crippen molar-refractivity contribution in [2.24, 2.45) is 0 Å². The lowest BCUT2D eigenvalue weighted by atomic mass is 10.1. The molecule has 1 aliphatic heterocycles. The summed E-state index contributed by atoms with van der Waals surface area (Å²) in [4.78, 5) is 14.2. The molecule has 1 saturated carbocycles. The SMILES string of the molecule is CCN(CCNC(=O)CCC1CCCN1)C1CC1. The molecule has 0 aromatic carbocycles. The molecule has 1 heterocycles. The highest BCUT2D eigenvalue weighted by Gasteiger charge is 2.27. The van der Waals surface area contributed by atoms with Crippen molar-refractivity contribution in [1.82, 2.24) is 15.5 Å². The van der Waals surface area contributed by atoms with Crippen LogP contribution in [0.25, 0.3) is 0 Å². The van der Waals surface area contributed by atoms with Crippen LogP contribution in [0, 0.1) is 0 Å². The third-order valence-corrected chi connectivity index (χ3v) is 4.07. The fourth-order valence-electron chi connectivity index (χ4n) is 2.77. The molecule has 4 heteroatoms. The molecule has 4 nitrogen and oxygen atoms in total. The first-order chi connectivity index (χ1) is 8.79. The molecule has 18 heavy (non-hydrogen) atoms. The zero-order valence-corrected chi connectivity index (χ0v) is 11.6. The minimum Gasteiger partial charge on any atom is -0.355 e. The number of nitrogens with zero attached hydrogens (tertiary/aromatic N) is 1. The first-order valence-electron chi connectivity index (χ1n) is 7.53. The summed E-state index contributed by atoms with van der Waals surface area (Å²) in [6.45, 7) is 6.24. The number of carbonyl (C=O) groups is 1. The number of hydrogen-bond acceptors (Lipinski definition) is 3. The minimum absolute atomic E-state index is 0.218. The fraction of sp³-hybridized carbons (Fsp3) is 0.929. The molecule has 0 aromatic rings. The number of nitrogens with one attached hydrogen (secondary N) is 2. The molecule has 0 radical (unpaired) electrons. The van der Waals surface area contributed by atoms with Crippen LogP contribution in [0.2, 0.25) is 0 Å². The van der Waals surface area contributed by atoms with Crippen LogP contribution in [0.1, 0.15) is 45.4 Å². The van der Waals surface area contributed by atoms with Gasteiger partial charge in [0, 0.05) is 31.6 Å². The van der Waals surface area contributed by atoms with Crippen LogP contribution < -0.4 is 10.6 Å². The summed E-state index contributed by atoms with van der Waals surface area (Å²) in [6.07, 6.45) is 6.85. The Bertz CT molecular complexity index is 260. The summed E-state index contributed by atoms with van der Waals surface area (Å²) in [5.41, 5.74) is 0. The van der Waals surface area contributed by atoms with Gasteiger partial charge in [-0.15, -0.1) is 0 Å². The Labute approximate surface area is 110 Å². The standard InChI is InChI=1S/C14H27N3O/c1-2-17(13-6-7-13)11-10-16-14(18)8-5-12-4-3-9-15-12/h12-13,15H,2-11H2,1H3,(H,16,18). The van der Waals surface area contributed by atoms with E-state index in [0.29, 0.717) is 12.5 Å². The molecule has 1 saturated heterocycles. The van der Waals surface area contributed by atoms with Crippen molar-refractivity contribution in [1.29, 1.82) is 0 Å². The lowest BCUT2D eigenvalue weighted by Crippen LogP contribution is -2.36. The third-order valence-electron chi connectivity index (χ3n) is 4.07. The van der Waals surface area contributed by atoms with Gasteiger partial charge in [0.25, 0.3) is 0 Å². The predicted molar refractivity (Wildman–Crippen MR) is 73.5 cm³/mol. The first kappa shape index (κ1) is 13.8. The van der Waals surface area contributed by atoms with Gasteiger partial charge in [0.1, 0.15) is 0 Å². The largest absolute Gasteiger partial charge is 0.355 e. The average Bonchev–Trinajstić information content (AvgIpc) is 3.08. The highest BCUT2D eigenvalue weighted by Crippen LogP contribution is 2.25. The van der Waals surface area contributed by atoms with Gasteiger partial charge in [0.15, 0.2) is 0 Å². The summed E-state index contributed by atoms with van der Waals surface area (Å²) in [5.74, 6) is 0.218. The van der Waals surface area contributed by atoms with Gasteiger partial charge in [0.2, 0.25) is 5.91 Å². The van der Waals surface area contributed by atoms with E-state index >= 15 is 0 Å². The summed E-state index contributed by atoms with van der Waals surface area (Å²) in [7, 11) is 0. The van der Waals surface area contributed by atoms with E-state index in [9.17, 15) is 4.79 Å². The van der Waals surface area contributed by atoms with Crippen molar-refractivity contribution in [3.05, 3.63) is 0 Å². The number of hydrogen-bond donors (Lipinski definition) is 2. The second-order valence-electron chi connectivity index (χ2n) is 5.54. The zero-order chi connectivity index (χ0) is 12.8. The molecule has 0 spiro atoms. The maximum absolute atomic E-state index is 11.7. The second-order valence-corrected chi connectivity index (χ2v) is 5.54. The monoisotopic (exact) mass is 253 g/mol. The molecule has 1 aliphatic carbocycles. The predicted octanol–water partition coefficient (Wildman–Crippen LogP) is 1.12. The van der Waals surface area contributed by atoms with Gasteiger partial charge in [-0.2, -0.15) is 0 Å². The van der Waals surface area contributed by atoms with Crippen LogP contribution in [0.15, 0.2) is 0 Å². The highest BCUT2D eigenvalue weighted by molar-refractivity contribution is 5.75. The Morgan fingerprint density at radius 3 is 2.83 bits per heavy atom. The Kier molecular flexibility index (Phi) is 5.45. The number of carbonyl (C=O) groups excluding carboxylic acids is 1. The zero-order valence-electron chi connectivity index (χ0n) is 11.6. The second kappa shape index (κ2) is 7.10. The van der Waals surface area contributed by atoms with Crippen LogP contribution in [0.3, 0.4) is 0 Å². The fourth-order valence-corrected chi connectivity index (χ4v) is 2.77. The average molecular weight is 253 g/mol. The molecular weight excluding hydrogens is 226 g/mol. The van der Waals surface area contributed by atoms with Crippen molar-refractivity contribution in [3.8, 4) is 0 Å². The summed E-state index contributed by atoms with van der Waals surface area (Å²) >= 11 is 0. The molecule has 2 N–H and O–H groups in total. The van der Waals surface area contributed by atoms with Crippen LogP contribution >= 0.6 is 0 Å². The lowest BCUT2D eigenvalue weighted by Gasteiger charge is -2.19. The summed E-state index contributed by atoms with van der Waals surface area (Å²) in [6, 6.07) is 1.38. The van der Waals surface area contributed by atoms with E-state index < -0.39 is 0 Å². The Hall–Kier alpha value is -0.610. The van der Waals surface area contributed by atoms with Crippen LogP contribution in [-0.2, 0) is 4.79 Å². The van der Waals surface area contributed by atoms with E-state index in [1.165, 1.54) is 25.7 Å². The van der Waals surface area contributed by atoms with Crippen LogP contribution in [-0.4, -0.2) is 49.1 Å². The van der Waals surface area contributed by atoms with Crippen molar-refractivity contribution in [2.75, 3.05) is 26.2 Å². The van der Waals surface area contributed by atoms with Crippen LogP contribution in [0.4, 0.5) is 0 Å². The summed E-state index contributed by atoms with van der Waals surface area (Å²) < 4.78 is 0. The van der Waals surface area contributed by atoms with Crippen LogP contribution in [0.5, 0.6) is 0 Å². The molecule has 2 fully saturated rings. The van der Waals surface area contributed by atoms with E-state index in [0.717, 1.165) is 38.6 Å². The van der Waals surface area contributed by atoms with Gasteiger partial charge < -0.3 is 10.6 Å². The third kappa shape index (κ3) is 4.58. The molecule has 1 unspecified atom stereocenters. The quantitative estimate of drug-likeness (QED) is 0.681. The molecule has 2 rings (SSSR count). The van der Waals surface area contributed by atoms with Gasteiger partial charge in [0.05, 0.1) is 0 Å². The van der Waals surface area contributed by atoms with Gasteiger partial charge in [-0.05, 0) is 45.2 Å².